The molecule has 0 saturated heterocycles. The van der Waals surface area contributed by atoms with E-state index in [4.69, 9.17) is 0 Å². The third kappa shape index (κ3) is 21.8. The number of rotatable bonds is 3. The second-order valence-electron chi connectivity index (χ2n) is 3.44. The van der Waals surface area contributed by atoms with Gasteiger partial charge < -0.3 is 0 Å². The van der Waals surface area contributed by atoms with Gasteiger partial charge in [-0.05, 0) is 18.9 Å². The van der Waals surface area contributed by atoms with Crippen molar-refractivity contribution in [1.82, 2.24) is 0 Å². The fraction of sp³-hybridized carbons (Fsp3) is 0.438. The van der Waals surface area contributed by atoms with Crippen molar-refractivity contribution in [2.24, 2.45) is 0 Å². The molecule has 0 fully saturated rings. The van der Waals surface area contributed by atoms with Gasteiger partial charge in [-0.1, -0.05) is 83.7 Å². The van der Waals surface area contributed by atoms with Gasteiger partial charge in [0.25, 0.3) is 0 Å². The van der Waals surface area contributed by atoms with Gasteiger partial charge >= 0.3 is 0 Å². The number of hydrogen-bond donors (Lipinski definition) is 0. The zero-order valence-corrected chi connectivity index (χ0v) is 14.4. The molecule has 0 N–H and O–H groups in total. The fourth-order valence-electron chi connectivity index (χ4n) is 0.645. The Kier molecular flexibility index (Phi) is 27.9. The van der Waals surface area contributed by atoms with E-state index in [9.17, 15) is 0 Å². The molecule has 1 aromatic carbocycles. The molecule has 0 unspecified atom stereocenters. The van der Waals surface area contributed by atoms with E-state index < -0.39 is 0 Å². The van der Waals surface area contributed by atoms with Crippen molar-refractivity contribution in [2.75, 3.05) is 0 Å². The second-order valence-corrected chi connectivity index (χ2v) is 3.44. The third-order valence-corrected chi connectivity index (χ3v) is 1.84. The minimum atomic E-state index is 0. The van der Waals surface area contributed by atoms with E-state index in [-0.39, 0.29) is 25.3 Å². The second kappa shape index (κ2) is 21.3. The average Bonchev–Trinajstić information content (AvgIpc) is 2.40. The number of hydrogen-bond acceptors (Lipinski definition) is 0. The third-order valence-electron chi connectivity index (χ3n) is 1.84. The van der Waals surface area contributed by atoms with Crippen LogP contribution in [0.5, 0.6) is 0 Å². The Morgan fingerprint density at radius 1 is 0.882 bits per heavy atom. The molecule has 0 aliphatic heterocycles. The quantitative estimate of drug-likeness (QED) is 0.666. The Balaban J connectivity index is -0.0000000860. The van der Waals surface area contributed by atoms with Gasteiger partial charge in [0.1, 0.15) is 0 Å². The van der Waals surface area contributed by atoms with Gasteiger partial charge in [0, 0.05) is 25.3 Å². The van der Waals surface area contributed by atoms with Crippen LogP contribution in [0.3, 0.4) is 0 Å². The molecule has 0 atom stereocenters. The molecule has 97 valence electrons. The summed E-state index contributed by atoms with van der Waals surface area (Å²) in [5.74, 6) is 0. The van der Waals surface area contributed by atoms with Crippen LogP contribution >= 0.6 is 0 Å². The molecule has 1 aromatic rings. The van der Waals surface area contributed by atoms with Gasteiger partial charge in [-0.25, -0.2) is 0 Å². The maximum Gasteiger partial charge on any atom is 0 e. The topological polar surface area (TPSA) is 0 Å². The Morgan fingerprint density at radius 2 is 1.24 bits per heavy atom. The fourth-order valence-corrected chi connectivity index (χ4v) is 0.645. The van der Waals surface area contributed by atoms with Gasteiger partial charge in [0.05, 0.1) is 0 Å². The van der Waals surface area contributed by atoms with Gasteiger partial charge in [-0.2, -0.15) is 0 Å². The van der Waals surface area contributed by atoms with Crippen LogP contribution in [-0.4, -0.2) is 23.9 Å². The predicted octanol–water partition coefficient (Wildman–Crippen LogP) is 5.17. The van der Waals surface area contributed by atoms with Crippen LogP contribution in [0.2, 0.25) is 0 Å². The van der Waals surface area contributed by atoms with Crippen LogP contribution in [0.25, 0.3) is 0 Å². The number of benzene rings is 1. The molecule has 0 aromatic heterocycles. The monoisotopic (exact) mass is 341 g/mol. The first-order valence-corrected chi connectivity index (χ1v) is 6.18. The predicted molar refractivity (Wildman–Crippen MR) is 83.9 cm³/mol. The molecule has 1 rings (SSSR count). The SMILES string of the molecule is [CH2]CCC.[CH2]CCC.[CH2]Cc1ccccc1.[HH].[Sn]. The van der Waals surface area contributed by atoms with Crippen LogP contribution < -0.4 is 0 Å². The standard InChI is InChI=1S/C8H9.2C4H9.Sn.H2/c1-2-8-6-4-3-5-7-8;2*1-3-4-2;;/h3-7H,1-2H2;2*1,3-4H2,2H3;;1H. The molecule has 7 radical (unpaired) electrons. The molecular weight excluding hydrogens is 311 g/mol. The summed E-state index contributed by atoms with van der Waals surface area (Å²) in [6.07, 6.45) is 5.45. The summed E-state index contributed by atoms with van der Waals surface area (Å²) in [6.45, 7) is 15.2. The maximum atomic E-state index is 3.76. The van der Waals surface area contributed by atoms with E-state index in [2.05, 4.69) is 46.8 Å². The molecule has 0 nitrogen and oxygen atoms in total. The Morgan fingerprint density at radius 3 is 1.41 bits per heavy atom. The van der Waals surface area contributed by atoms with E-state index in [0.29, 0.717) is 0 Å². The molecule has 0 bridgehead atoms. The largest absolute Gasteiger partial charge is 0.0654 e. The van der Waals surface area contributed by atoms with Crippen LogP contribution in [0.15, 0.2) is 30.3 Å². The van der Waals surface area contributed by atoms with Crippen molar-refractivity contribution < 1.29 is 1.43 Å². The zero-order chi connectivity index (χ0) is 12.6. The molecule has 0 spiro atoms. The van der Waals surface area contributed by atoms with Crippen molar-refractivity contribution in [3.8, 4) is 0 Å². The first-order valence-electron chi connectivity index (χ1n) is 6.18. The molecule has 0 saturated carbocycles. The average molecular weight is 340 g/mol. The van der Waals surface area contributed by atoms with Crippen LogP contribution in [0.4, 0.5) is 0 Å². The number of unbranched alkanes of at least 4 members (excludes halogenated alkanes) is 2. The van der Waals surface area contributed by atoms with Gasteiger partial charge in [-0.15, -0.1) is 0 Å². The van der Waals surface area contributed by atoms with Crippen molar-refractivity contribution >= 4 is 23.9 Å². The minimum absolute atomic E-state index is 0. The van der Waals surface area contributed by atoms with Gasteiger partial charge in [-0.3, -0.25) is 0 Å². The van der Waals surface area contributed by atoms with Crippen molar-refractivity contribution in [3.05, 3.63) is 56.7 Å². The van der Waals surface area contributed by atoms with Gasteiger partial charge in [0.2, 0.25) is 0 Å². The molecule has 0 amide bonds. The first-order chi connectivity index (χ1) is 7.76. The van der Waals surface area contributed by atoms with E-state index in [0.717, 1.165) is 19.3 Å². The van der Waals surface area contributed by atoms with Crippen molar-refractivity contribution in [3.63, 3.8) is 0 Å². The molecule has 1 heteroatoms. The summed E-state index contributed by atoms with van der Waals surface area (Å²) in [5.41, 5.74) is 1.30. The summed E-state index contributed by atoms with van der Waals surface area (Å²) in [7, 11) is 0. The molecule has 0 heterocycles. The maximum absolute atomic E-state index is 3.76. The Hall–Kier alpha value is 0.0187. The molecule has 17 heavy (non-hydrogen) atoms. The van der Waals surface area contributed by atoms with Crippen molar-refractivity contribution in [1.29, 1.82) is 0 Å². The van der Waals surface area contributed by atoms with Gasteiger partial charge in [0.15, 0.2) is 0 Å². The summed E-state index contributed by atoms with van der Waals surface area (Å²) in [5, 5.41) is 0. The minimum Gasteiger partial charge on any atom is -0.0654 e. The normalized spacial score (nSPS) is 7.82. The van der Waals surface area contributed by atoms with Crippen molar-refractivity contribution in [2.45, 2.75) is 46.0 Å². The summed E-state index contributed by atoms with van der Waals surface area (Å²) < 4.78 is 0. The summed E-state index contributed by atoms with van der Waals surface area (Å²) >= 11 is 0. The summed E-state index contributed by atoms with van der Waals surface area (Å²) in [6, 6.07) is 10.2. The Labute approximate surface area is 128 Å². The van der Waals surface area contributed by atoms with Crippen LogP contribution in [0, 0.1) is 20.8 Å². The summed E-state index contributed by atoms with van der Waals surface area (Å²) in [4.78, 5) is 0. The first kappa shape index (κ1) is 22.2. The smallest absolute Gasteiger partial charge is 0 e. The van der Waals surface area contributed by atoms with E-state index in [1.54, 1.807) is 0 Å². The van der Waals surface area contributed by atoms with E-state index in [1.165, 1.54) is 18.4 Å². The zero-order valence-electron chi connectivity index (χ0n) is 11.5. The Bertz CT molecular complexity index is 192. The van der Waals surface area contributed by atoms with Crippen LogP contribution in [-0.2, 0) is 6.42 Å². The molecular formula is C16H29Sn. The van der Waals surface area contributed by atoms with Crippen LogP contribution in [0.1, 0.15) is 46.5 Å². The molecule has 0 aliphatic rings. The molecule has 0 aliphatic carbocycles. The van der Waals surface area contributed by atoms with E-state index in [1.807, 2.05) is 18.2 Å². The van der Waals surface area contributed by atoms with E-state index >= 15 is 0 Å².